The highest BCUT2D eigenvalue weighted by molar-refractivity contribution is 6.80. The summed E-state index contributed by atoms with van der Waals surface area (Å²) in [5, 5.41) is 10.5. The number of hydrogen-bond donors (Lipinski definition) is 1. The second kappa shape index (κ2) is 8.10. The first kappa shape index (κ1) is 23.2. The summed E-state index contributed by atoms with van der Waals surface area (Å²) in [5.41, 5.74) is 1.85. The van der Waals surface area contributed by atoms with Crippen molar-refractivity contribution in [1.29, 1.82) is 0 Å². The lowest BCUT2D eigenvalue weighted by Gasteiger charge is -2.60. The molecule has 6 heteroatoms. The number of hydrogen-bond acceptors (Lipinski definition) is 4. The third kappa shape index (κ3) is 3.54. The van der Waals surface area contributed by atoms with E-state index in [4.69, 9.17) is 9.47 Å². The zero-order chi connectivity index (χ0) is 23.3. The number of aliphatic hydroxyl groups is 1. The molecule has 0 unspecified atom stereocenters. The van der Waals surface area contributed by atoms with E-state index in [9.17, 15) is 9.90 Å². The normalized spacial score (nSPS) is 26.7. The highest BCUT2D eigenvalue weighted by atomic mass is 28.3. The summed E-state index contributed by atoms with van der Waals surface area (Å²) in [6.07, 6.45) is -1.07. The Morgan fingerprint density at radius 2 is 1.53 bits per heavy atom. The van der Waals surface area contributed by atoms with Crippen LogP contribution in [0.5, 0.6) is 0 Å². The molecule has 2 aromatic carbocycles. The third-order valence-corrected chi connectivity index (χ3v) is 13.0. The lowest BCUT2D eigenvalue weighted by atomic mass is 9.82. The van der Waals surface area contributed by atoms with Gasteiger partial charge in [-0.1, -0.05) is 94.5 Å². The van der Waals surface area contributed by atoms with Crippen LogP contribution in [0.2, 0.25) is 18.1 Å². The van der Waals surface area contributed by atoms with Gasteiger partial charge in [0.15, 0.2) is 8.24 Å². The second-order valence-corrected chi connectivity index (χ2v) is 15.7. The first-order valence-corrected chi connectivity index (χ1v) is 14.4. The van der Waals surface area contributed by atoms with Crippen LogP contribution >= 0.6 is 0 Å². The Kier molecular flexibility index (Phi) is 5.86. The van der Waals surface area contributed by atoms with Gasteiger partial charge in [-0.25, -0.2) is 0 Å². The molecule has 172 valence electrons. The lowest BCUT2D eigenvalue weighted by Crippen LogP contribution is -2.77. The second-order valence-electron chi connectivity index (χ2n) is 10.6. The van der Waals surface area contributed by atoms with Gasteiger partial charge in [-0.05, 0) is 12.0 Å². The number of benzene rings is 2. The summed E-state index contributed by atoms with van der Waals surface area (Å²) in [6, 6.07) is 19.7. The molecule has 4 rings (SSSR count). The van der Waals surface area contributed by atoms with Gasteiger partial charge in [-0.3, -0.25) is 4.79 Å². The summed E-state index contributed by atoms with van der Waals surface area (Å²) < 4.78 is 15.3. The van der Waals surface area contributed by atoms with Crippen LogP contribution in [0.4, 0.5) is 0 Å². The Morgan fingerprint density at radius 1 is 1.03 bits per heavy atom. The van der Waals surface area contributed by atoms with Crippen LogP contribution in [-0.2, 0) is 20.1 Å². The van der Waals surface area contributed by atoms with E-state index in [2.05, 4.69) is 38.4 Å². The smallest absolute Gasteiger partial charge is 0.222 e. The fourth-order valence-corrected chi connectivity index (χ4v) is 7.36. The van der Waals surface area contributed by atoms with Crippen molar-refractivity contribution in [2.75, 3.05) is 6.61 Å². The van der Waals surface area contributed by atoms with E-state index in [0.717, 1.165) is 11.1 Å². The Balaban J connectivity index is 1.74. The summed E-state index contributed by atoms with van der Waals surface area (Å²) in [6.45, 7) is 13.1. The SMILES string of the molecule is C[C@H](O)[C@H]1C(=O)N([Si](C)(C)C(C)(C)C)[C@@H]1[C@H]1COC(c2ccccc2)(c2ccccc2)O1. The fraction of sp³-hybridized carbons (Fsp3) is 0.500. The van der Waals surface area contributed by atoms with E-state index in [1.54, 1.807) is 6.92 Å². The number of carbonyl (C=O) groups is 1. The zero-order valence-corrected chi connectivity index (χ0v) is 20.9. The minimum atomic E-state index is -2.17. The van der Waals surface area contributed by atoms with E-state index >= 15 is 0 Å². The van der Waals surface area contributed by atoms with Crippen LogP contribution in [0.3, 0.4) is 0 Å². The molecule has 2 aliphatic rings. The van der Waals surface area contributed by atoms with Crippen LogP contribution in [0, 0.1) is 5.92 Å². The van der Waals surface area contributed by atoms with Crippen LogP contribution in [0.1, 0.15) is 38.8 Å². The molecule has 0 aliphatic carbocycles. The monoisotopic (exact) mass is 453 g/mol. The quantitative estimate of drug-likeness (QED) is 0.534. The number of β-lactam (4-membered cyclic amide) rings is 1. The van der Waals surface area contributed by atoms with Crippen molar-refractivity contribution in [1.82, 2.24) is 4.57 Å². The van der Waals surface area contributed by atoms with Crippen LogP contribution in [0.25, 0.3) is 0 Å². The standard InChI is InChI=1S/C26H35NO4Si/c1-18(28)22-23(27(24(22)29)32(5,6)25(2,3)4)21-17-30-26(31-21,19-13-9-7-10-14-19)20-15-11-8-12-16-20/h7-16,18,21-23,28H,17H2,1-6H3/t18-,21+,22+,23+/m0/s1. The lowest BCUT2D eigenvalue weighted by molar-refractivity contribution is -0.179. The largest absolute Gasteiger partial charge is 0.393 e. The first-order valence-electron chi connectivity index (χ1n) is 11.4. The number of ether oxygens (including phenoxy) is 2. The summed E-state index contributed by atoms with van der Waals surface area (Å²) >= 11 is 0. The van der Waals surface area contributed by atoms with Crippen molar-refractivity contribution < 1.29 is 19.4 Å². The molecule has 32 heavy (non-hydrogen) atoms. The van der Waals surface area contributed by atoms with E-state index in [1.807, 2.05) is 60.7 Å². The van der Waals surface area contributed by atoms with Gasteiger partial charge in [-0.2, -0.15) is 0 Å². The third-order valence-electron chi connectivity index (χ3n) is 7.60. The zero-order valence-electron chi connectivity index (χ0n) is 19.9. The van der Waals surface area contributed by atoms with Gasteiger partial charge in [0, 0.05) is 11.1 Å². The molecule has 0 aromatic heterocycles. The maximum atomic E-state index is 13.3. The Labute approximate surface area is 192 Å². The predicted molar refractivity (Wildman–Crippen MR) is 127 cm³/mol. The van der Waals surface area contributed by atoms with Gasteiger partial charge >= 0.3 is 0 Å². The van der Waals surface area contributed by atoms with E-state index < -0.39 is 26.0 Å². The number of carbonyl (C=O) groups excluding carboxylic acids is 1. The van der Waals surface area contributed by atoms with Crippen molar-refractivity contribution in [3.05, 3.63) is 71.8 Å². The number of rotatable bonds is 5. The molecular weight excluding hydrogens is 418 g/mol. The molecule has 2 fully saturated rings. The molecular formula is C26H35NO4Si. The van der Waals surface area contributed by atoms with E-state index in [1.165, 1.54) is 0 Å². The van der Waals surface area contributed by atoms with Gasteiger partial charge in [0.05, 0.1) is 24.7 Å². The molecule has 0 radical (unpaired) electrons. The number of aliphatic hydroxyl groups excluding tert-OH is 1. The molecule has 2 aromatic rings. The first-order chi connectivity index (χ1) is 15.0. The molecule has 0 saturated carbocycles. The van der Waals surface area contributed by atoms with Crippen molar-refractivity contribution >= 4 is 14.1 Å². The van der Waals surface area contributed by atoms with Crippen molar-refractivity contribution in [2.24, 2.45) is 5.92 Å². The van der Waals surface area contributed by atoms with Gasteiger partial charge in [0.2, 0.25) is 11.7 Å². The van der Waals surface area contributed by atoms with Crippen molar-refractivity contribution in [3.63, 3.8) is 0 Å². The summed E-state index contributed by atoms with van der Waals surface area (Å²) in [5.74, 6) is -1.47. The van der Waals surface area contributed by atoms with E-state index in [-0.39, 0.29) is 23.1 Å². The summed E-state index contributed by atoms with van der Waals surface area (Å²) in [7, 11) is -2.17. The average molecular weight is 454 g/mol. The Morgan fingerprint density at radius 3 is 1.97 bits per heavy atom. The molecule has 1 N–H and O–H groups in total. The minimum Gasteiger partial charge on any atom is -0.393 e. The maximum Gasteiger partial charge on any atom is 0.222 e. The average Bonchev–Trinajstić information content (AvgIpc) is 3.17. The minimum absolute atomic E-state index is 0.0139. The Bertz CT molecular complexity index is 915. The van der Waals surface area contributed by atoms with Crippen molar-refractivity contribution in [2.45, 2.75) is 69.9 Å². The summed E-state index contributed by atoms with van der Waals surface area (Å²) in [4.78, 5) is 13.3. The Hall–Kier alpha value is -1.99. The van der Waals surface area contributed by atoms with E-state index in [0.29, 0.717) is 6.61 Å². The van der Waals surface area contributed by atoms with Crippen molar-refractivity contribution in [3.8, 4) is 0 Å². The predicted octanol–water partition coefficient (Wildman–Crippen LogP) is 4.52. The molecule has 2 aliphatic heterocycles. The van der Waals surface area contributed by atoms with Crippen LogP contribution in [0.15, 0.2) is 60.7 Å². The molecule has 2 heterocycles. The highest BCUT2D eigenvalue weighted by Gasteiger charge is 2.63. The molecule has 0 bridgehead atoms. The molecule has 0 spiro atoms. The van der Waals surface area contributed by atoms with Crippen LogP contribution < -0.4 is 0 Å². The maximum absolute atomic E-state index is 13.3. The molecule has 2 saturated heterocycles. The topological polar surface area (TPSA) is 59.0 Å². The van der Waals surface area contributed by atoms with Crippen LogP contribution in [-0.4, -0.2) is 48.7 Å². The molecule has 4 atom stereocenters. The fourth-order valence-electron chi connectivity index (χ4n) is 4.86. The van der Waals surface area contributed by atoms with Gasteiger partial charge < -0.3 is 19.1 Å². The molecule has 5 nitrogen and oxygen atoms in total. The molecule has 1 amide bonds. The number of amides is 1. The van der Waals surface area contributed by atoms with Gasteiger partial charge in [0.1, 0.15) is 6.10 Å². The number of nitrogens with zero attached hydrogens (tertiary/aromatic N) is 1. The van der Waals surface area contributed by atoms with Gasteiger partial charge in [-0.15, -0.1) is 0 Å². The van der Waals surface area contributed by atoms with Gasteiger partial charge in [0.25, 0.3) is 0 Å². The highest BCUT2D eigenvalue weighted by Crippen LogP contribution is 2.50.